The highest BCUT2D eigenvalue weighted by Crippen LogP contribution is 2.17. The lowest BCUT2D eigenvalue weighted by Gasteiger charge is -2.18. The van der Waals surface area contributed by atoms with Crippen LogP contribution < -0.4 is 0 Å². The highest BCUT2D eigenvalue weighted by atomic mass is 32.2. The topological polar surface area (TPSA) is 20.3 Å². The van der Waals surface area contributed by atoms with E-state index in [4.69, 9.17) is 0 Å². The number of amides is 1. The number of thioether (sulfide) groups is 1. The van der Waals surface area contributed by atoms with Gasteiger partial charge in [0, 0.05) is 23.2 Å². The van der Waals surface area contributed by atoms with E-state index in [-0.39, 0.29) is 5.91 Å². The summed E-state index contributed by atoms with van der Waals surface area (Å²) in [6, 6.07) is 7.60. The first-order valence-corrected chi connectivity index (χ1v) is 7.24. The van der Waals surface area contributed by atoms with Crippen LogP contribution in [-0.2, 0) is 0 Å². The van der Waals surface area contributed by atoms with E-state index in [1.807, 2.05) is 55.7 Å². The second-order valence-electron chi connectivity index (χ2n) is 3.91. The van der Waals surface area contributed by atoms with Crippen molar-refractivity contribution in [1.29, 1.82) is 0 Å². The number of allylic oxidation sites excluding steroid dienone is 4. The van der Waals surface area contributed by atoms with Crippen molar-refractivity contribution in [1.82, 2.24) is 4.90 Å². The van der Waals surface area contributed by atoms with Crippen LogP contribution in [0.5, 0.6) is 0 Å². The Morgan fingerprint density at radius 1 is 1.32 bits per heavy atom. The Balaban J connectivity index is 2.94. The minimum atomic E-state index is -0.0386. The van der Waals surface area contributed by atoms with Crippen LogP contribution in [0, 0.1) is 0 Å². The van der Waals surface area contributed by atoms with Crippen molar-refractivity contribution in [3.63, 3.8) is 0 Å². The standard InChI is InChI=1S/C16H19NOS/c1-5-7-8-14(6-2)17(3)16(18)13-9-11-15(19-4)12-10-13/h5-12H,2H2,1,3-4H3/b7-5-,14-8+. The molecule has 1 aromatic rings. The summed E-state index contributed by atoms with van der Waals surface area (Å²) in [6.45, 7) is 5.67. The summed E-state index contributed by atoms with van der Waals surface area (Å²) >= 11 is 1.66. The molecule has 0 heterocycles. The van der Waals surface area contributed by atoms with Gasteiger partial charge in [0.1, 0.15) is 0 Å². The van der Waals surface area contributed by atoms with Gasteiger partial charge in [-0.25, -0.2) is 0 Å². The van der Waals surface area contributed by atoms with Crippen molar-refractivity contribution in [2.24, 2.45) is 0 Å². The minimum Gasteiger partial charge on any atom is -0.311 e. The molecule has 0 unspecified atom stereocenters. The van der Waals surface area contributed by atoms with Gasteiger partial charge in [-0.2, -0.15) is 0 Å². The molecule has 0 atom stereocenters. The van der Waals surface area contributed by atoms with Gasteiger partial charge < -0.3 is 4.90 Å². The van der Waals surface area contributed by atoms with E-state index in [1.54, 1.807) is 29.8 Å². The third kappa shape index (κ3) is 4.14. The monoisotopic (exact) mass is 273 g/mol. The molecule has 0 saturated carbocycles. The maximum absolute atomic E-state index is 12.3. The molecule has 0 N–H and O–H groups in total. The van der Waals surface area contributed by atoms with Crippen molar-refractivity contribution in [3.8, 4) is 0 Å². The quantitative estimate of drug-likeness (QED) is 0.594. The van der Waals surface area contributed by atoms with E-state index in [2.05, 4.69) is 6.58 Å². The van der Waals surface area contributed by atoms with Gasteiger partial charge in [0.2, 0.25) is 0 Å². The van der Waals surface area contributed by atoms with E-state index in [9.17, 15) is 4.79 Å². The average molecular weight is 273 g/mol. The fourth-order valence-electron chi connectivity index (χ4n) is 1.56. The zero-order valence-corrected chi connectivity index (χ0v) is 12.4. The molecule has 0 bridgehead atoms. The minimum absolute atomic E-state index is 0.0386. The van der Waals surface area contributed by atoms with Crippen molar-refractivity contribution < 1.29 is 4.79 Å². The summed E-state index contributed by atoms with van der Waals surface area (Å²) in [5.41, 5.74) is 1.45. The molecule has 0 aliphatic carbocycles. The van der Waals surface area contributed by atoms with Crippen LogP contribution in [0.1, 0.15) is 17.3 Å². The average Bonchev–Trinajstić information content (AvgIpc) is 2.47. The van der Waals surface area contributed by atoms with E-state index in [1.165, 1.54) is 0 Å². The number of carbonyl (C=O) groups excluding carboxylic acids is 1. The van der Waals surface area contributed by atoms with Crippen LogP contribution in [0.2, 0.25) is 0 Å². The molecule has 3 heteroatoms. The first-order chi connectivity index (χ1) is 9.13. The lowest BCUT2D eigenvalue weighted by atomic mass is 10.2. The number of hydrogen-bond acceptors (Lipinski definition) is 2. The number of likely N-dealkylation sites (N-methyl/N-ethyl adjacent to an activating group) is 1. The molecule has 0 radical (unpaired) electrons. The summed E-state index contributed by atoms with van der Waals surface area (Å²) in [6.07, 6.45) is 9.35. The van der Waals surface area contributed by atoms with E-state index in [0.717, 1.165) is 10.6 Å². The molecule has 19 heavy (non-hydrogen) atoms. The van der Waals surface area contributed by atoms with Crippen molar-refractivity contribution in [2.45, 2.75) is 11.8 Å². The van der Waals surface area contributed by atoms with Crippen LogP contribution in [0.25, 0.3) is 0 Å². The van der Waals surface area contributed by atoms with Gasteiger partial charge in [0.15, 0.2) is 0 Å². The molecular formula is C16H19NOS. The number of carbonyl (C=O) groups is 1. The molecule has 0 aliphatic rings. The number of benzene rings is 1. The Kier molecular flexibility index (Phi) is 6.16. The second kappa shape index (κ2) is 7.64. The van der Waals surface area contributed by atoms with Crippen molar-refractivity contribution in [3.05, 3.63) is 66.4 Å². The Labute approximate surface area is 119 Å². The zero-order valence-electron chi connectivity index (χ0n) is 11.6. The summed E-state index contributed by atoms with van der Waals surface area (Å²) < 4.78 is 0. The van der Waals surface area contributed by atoms with E-state index in [0.29, 0.717) is 5.56 Å². The van der Waals surface area contributed by atoms with Gasteiger partial charge in [-0.05, 0) is 49.6 Å². The lowest BCUT2D eigenvalue weighted by Crippen LogP contribution is -2.25. The lowest BCUT2D eigenvalue weighted by molar-refractivity contribution is 0.0840. The maximum atomic E-state index is 12.3. The largest absolute Gasteiger partial charge is 0.311 e. The fourth-order valence-corrected chi connectivity index (χ4v) is 1.96. The predicted octanol–water partition coefficient (Wildman–Crippen LogP) is 4.13. The number of hydrogen-bond donors (Lipinski definition) is 0. The fraction of sp³-hybridized carbons (Fsp3) is 0.188. The molecule has 0 fully saturated rings. The maximum Gasteiger partial charge on any atom is 0.258 e. The Hall–Kier alpha value is -1.74. The van der Waals surface area contributed by atoms with Crippen molar-refractivity contribution >= 4 is 17.7 Å². The molecule has 100 valence electrons. The van der Waals surface area contributed by atoms with Gasteiger partial charge in [0.25, 0.3) is 5.91 Å². The Morgan fingerprint density at radius 2 is 1.95 bits per heavy atom. The molecule has 2 nitrogen and oxygen atoms in total. The SMILES string of the molecule is C=C/C(=C\C=C/C)N(C)C(=O)c1ccc(SC)cc1. The Morgan fingerprint density at radius 3 is 2.42 bits per heavy atom. The molecule has 0 aliphatic heterocycles. The molecule has 0 aromatic heterocycles. The predicted molar refractivity (Wildman–Crippen MR) is 83.4 cm³/mol. The van der Waals surface area contributed by atoms with E-state index >= 15 is 0 Å². The first-order valence-electron chi connectivity index (χ1n) is 6.01. The first kappa shape index (κ1) is 15.3. The highest BCUT2D eigenvalue weighted by Gasteiger charge is 2.13. The molecule has 0 spiro atoms. The molecule has 1 aromatic carbocycles. The summed E-state index contributed by atoms with van der Waals surface area (Å²) in [5, 5.41) is 0. The second-order valence-corrected chi connectivity index (χ2v) is 4.79. The van der Waals surface area contributed by atoms with Gasteiger partial charge in [-0.15, -0.1) is 11.8 Å². The summed E-state index contributed by atoms with van der Waals surface area (Å²) in [5.74, 6) is -0.0386. The number of rotatable bonds is 5. The smallest absolute Gasteiger partial charge is 0.258 e. The van der Waals surface area contributed by atoms with Crippen LogP contribution in [0.4, 0.5) is 0 Å². The third-order valence-electron chi connectivity index (χ3n) is 2.70. The molecule has 0 saturated heterocycles. The number of nitrogens with zero attached hydrogens (tertiary/aromatic N) is 1. The van der Waals surface area contributed by atoms with Crippen LogP contribution in [0.15, 0.2) is 65.7 Å². The molecule has 1 rings (SSSR count). The van der Waals surface area contributed by atoms with Crippen molar-refractivity contribution in [2.75, 3.05) is 13.3 Å². The summed E-state index contributed by atoms with van der Waals surface area (Å²) in [7, 11) is 1.75. The van der Waals surface area contributed by atoms with Crippen LogP contribution in [-0.4, -0.2) is 24.1 Å². The molecular weight excluding hydrogens is 254 g/mol. The van der Waals surface area contributed by atoms with Gasteiger partial charge in [-0.1, -0.05) is 18.7 Å². The summed E-state index contributed by atoms with van der Waals surface area (Å²) in [4.78, 5) is 15.1. The van der Waals surface area contributed by atoms with Crippen LogP contribution >= 0.6 is 11.8 Å². The third-order valence-corrected chi connectivity index (χ3v) is 3.44. The normalized spacial score (nSPS) is 11.6. The Bertz CT molecular complexity index is 500. The highest BCUT2D eigenvalue weighted by molar-refractivity contribution is 7.98. The van der Waals surface area contributed by atoms with Crippen LogP contribution in [0.3, 0.4) is 0 Å². The van der Waals surface area contributed by atoms with Gasteiger partial charge in [0.05, 0.1) is 0 Å². The van der Waals surface area contributed by atoms with Gasteiger partial charge >= 0.3 is 0 Å². The molecule has 1 amide bonds. The zero-order chi connectivity index (χ0) is 14.3. The van der Waals surface area contributed by atoms with Gasteiger partial charge in [-0.3, -0.25) is 4.79 Å². The van der Waals surface area contributed by atoms with E-state index < -0.39 is 0 Å².